The average Bonchev–Trinajstić information content (AvgIpc) is 2.85. The lowest BCUT2D eigenvalue weighted by atomic mass is 10.1. The number of nitrogens with zero attached hydrogens (tertiary/aromatic N) is 1. The first-order valence-electron chi connectivity index (χ1n) is 6.98. The van der Waals surface area contributed by atoms with Gasteiger partial charge in [0, 0.05) is 11.6 Å². The van der Waals surface area contributed by atoms with Gasteiger partial charge >= 0.3 is 0 Å². The Morgan fingerprint density at radius 3 is 2.50 bits per heavy atom. The number of sulfonamides is 1. The molecule has 0 saturated carbocycles. The number of rotatable bonds is 6. The van der Waals surface area contributed by atoms with E-state index in [0.29, 0.717) is 22.8 Å². The van der Waals surface area contributed by atoms with E-state index >= 15 is 0 Å². The maximum atomic E-state index is 12.4. The first-order valence-corrected chi connectivity index (χ1v) is 8.46. The van der Waals surface area contributed by atoms with Gasteiger partial charge in [0.15, 0.2) is 0 Å². The summed E-state index contributed by atoms with van der Waals surface area (Å²) in [5, 5.41) is 3.73. The van der Waals surface area contributed by atoms with Crippen molar-refractivity contribution < 1.29 is 27.2 Å². The van der Waals surface area contributed by atoms with E-state index in [4.69, 9.17) is 14.0 Å². The van der Waals surface area contributed by atoms with E-state index < -0.39 is 15.9 Å². The van der Waals surface area contributed by atoms with E-state index in [2.05, 4.69) is 5.16 Å². The molecule has 0 unspecified atom stereocenters. The van der Waals surface area contributed by atoms with Crippen LogP contribution in [0.4, 0.5) is 0 Å². The molecule has 1 aromatic carbocycles. The Hall–Kier alpha value is -2.55. The van der Waals surface area contributed by atoms with Gasteiger partial charge in [-0.2, -0.15) is 0 Å². The van der Waals surface area contributed by atoms with Crippen LogP contribution in [0.3, 0.4) is 0 Å². The Morgan fingerprint density at radius 2 is 1.96 bits per heavy atom. The number of methoxy groups -OCH3 is 2. The van der Waals surface area contributed by atoms with E-state index in [9.17, 15) is 13.2 Å². The van der Waals surface area contributed by atoms with Crippen LogP contribution in [-0.2, 0) is 21.2 Å². The Kier molecular flexibility index (Phi) is 5.13. The van der Waals surface area contributed by atoms with Crippen LogP contribution >= 0.6 is 0 Å². The Labute approximate surface area is 139 Å². The molecule has 9 heteroatoms. The van der Waals surface area contributed by atoms with Crippen molar-refractivity contribution in [3.05, 3.63) is 35.2 Å². The summed E-state index contributed by atoms with van der Waals surface area (Å²) in [6, 6.07) is 4.20. The minimum atomic E-state index is -4.09. The maximum Gasteiger partial charge on any atom is 0.267 e. The third kappa shape index (κ3) is 3.67. The van der Waals surface area contributed by atoms with Crippen molar-refractivity contribution in [3.63, 3.8) is 0 Å². The molecular formula is C15H18N2O6S. The molecule has 0 spiro atoms. The minimum Gasteiger partial charge on any atom is -0.497 e. The maximum absolute atomic E-state index is 12.4. The van der Waals surface area contributed by atoms with Gasteiger partial charge in [-0.05, 0) is 26.0 Å². The molecule has 0 aliphatic heterocycles. The van der Waals surface area contributed by atoms with Gasteiger partial charge in [0.05, 0.1) is 26.3 Å². The molecule has 0 atom stereocenters. The summed E-state index contributed by atoms with van der Waals surface area (Å²) in [5.74, 6) is 0.296. The molecule has 0 radical (unpaired) electrons. The number of hydrogen-bond donors (Lipinski definition) is 1. The van der Waals surface area contributed by atoms with E-state index in [1.165, 1.54) is 32.4 Å². The zero-order chi connectivity index (χ0) is 17.9. The lowest BCUT2D eigenvalue weighted by Crippen LogP contribution is -2.32. The number of nitrogens with one attached hydrogen (secondary N) is 1. The van der Waals surface area contributed by atoms with Crippen molar-refractivity contribution in [1.29, 1.82) is 0 Å². The minimum absolute atomic E-state index is 0.0759. The molecule has 2 aromatic rings. The molecule has 1 N–H and O–H groups in total. The topological polar surface area (TPSA) is 108 Å². The molecule has 0 saturated heterocycles. The number of aromatic nitrogens is 1. The van der Waals surface area contributed by atoms with Gasteiger partial charge in [-0.15, -0.1) is 0 Å². The summed E-state index contributed by atoms with van der Waals surface area (Å²) >= 11 is 0. The number of aryl methyl sites for hydroxylation is 2. The quantitative estimate of drug-likeness (QED) is 0.834. The van der Waals surface area contributed by atoms with Gasteiger partial charge in [0.1, 0.15) is 22.2 Å². The van der Waals surface area contributed by atoms with Crippen LogP contribution in [0, 0.1) is 13.8 Å². The van der Waals surface area contributed by atoms with E-state index in [-0.39, 0.29) is 17.1 Å². The molecule has 1 amide bonds. The van der Waals surface area contributed by atoms with Crippen molar-refractivity contribution in [2.24, 2.45) is 0 Å². The summed E-state index contributed by atoms with van der Waals surface area (Å²) < 4.78 is 41.9. The highest BCUT2D eigenvalue weighted by Gasteiger charge is 2.24. The summed E-state index contributed by atoms with van der Waals surface area (Å²) in [5.41, 5.74) is 1.10. The van der Waals surface area contributed by atoms with E-state index in [0.717, 1.165) is 0 Å². The van der Waals surface area contributed by atoms with Gasteiger partial charge < -0.3 is 14.0 Å². The molecule has 130 valence electrons. The monoisotopic (exact) mass is 354 g/mol. The van der Waals surface area contributed by atoms with Crippen LogP contribution in [0.2, 0.25) is 0 Å². The number of carbonyl (C=O) groups is 1. The van der Waals surface area contributed by atoms with Gasteiger partial charge in [0.2, 0.25) is 5.91 Å². The zero-order valence-electron chi connectivity index (χ0n) is 13.7. The SMILES string of the molecule is COc1ccc(S(=O)(=O)NC(=O)Cc2c(C)noc2C)c(OC)c1. The number of amides is 1. The molecule has 0 fully saturated rings. The fourth-order valence-corrected chi connectivity index (χ4v) is 3.29. The third-order valence-electron chi connectivity index (χ3n) is 3.43. The lowest BCUT2D eigenvalue weighted by molar-refractivity contribution is -0.118. The number of benzene rings is 1. The Balaban J connectivity index is 2.23. The molecule has 0 aliphatic carbocycles. The predicted molar refractivity (Wildman–Crippen MR) is 84.6 cm³/mol. The van der Waals surface area contributed by atoms with Crippen molar-refractivity contribution in [3.8, 4) is 11.5 Å². The molecule has 0 aliphatic rings. The standard InChI is InChI=1S/C15H18N2O6S/c1-9-12(10(2)23-16-9)8-15(18)17-24(19,20)14-6-5-11(21-3)7-13(14)22-4/h5-7H,8H2,1-4H3,(H,17,18). The molecule has 8 nitrogen and oxygen atoms in total. The van der Waals surface area contributed by atoms with Crippen LogP contribution in [0.1, 0.15) is 17.0 Å². The highest BCUT2D eigenvalue weighted by molar-refractivity contribution is 7.90. The molecule has 1 aromatic heterocycles. The first-order chi connectivity index (χ1) is 11.3. The molecular weight excluding hydrogens is 336 g/mol. The highest BCUT2D eigenvalue weighted by Crippen LogP contribution is 2.28. The van der Waals surface area contributed by atoms with Crippen molar-refractivity contribution >= 4 is 15.9 Å². The van der Waals surface area contributed by atoms with Crippen LogP contribution in [0.25, 0.3) is 0 Å². The average molecular weight is 354 g/mol. The summed E-state index contributed by atoms with van der Waals surface area (Å²) in [6.07, 6.45) is -0.154. The number of carbonyl (C=O) groups excluding carboxylic acids is 1. The van der Waals surface area contributed by atoms with E-state index in [1.807, 2.05) is 4.72 Å². The van der Waals surface area contributed by atoms with Gasteiger partial charge in [-0.3, -0.25) is 4.79 Å². The summed E-state index contributed by atoms with van der Waals surface area (Å²) in [6.45, 7) is 3.34. The third-order valence-corrected chi connectivity index (χ3v) is 4.84. The fraction of sp³-hybridized carbons (Fsp3) is 0.333. The molecule has 1 heterocycles. The number of hydrogen-bond acceptors (Lipinski definition) is 7. The molecule has 24 heavy (non-hydrogen) atoms. The van der Waals surface area contributed by atoms with Gasteiger partial charge in [-0.1, -0.05) is 5.16 Å². The second-order valence-corrected chi connectivity index (χ2v) is 6.68. The first kappa shape index (κ1) is 17.8. The lowest BCUT2D eigenvalue weighted by Gasteiger charge is -2.12. The van der Waals surface area contributed by atoms with Gasteiger partial charge in [-0.25, -0.2) is 13.1 Å². The number of ether oxygens (including phenoxy) is 2. The normalized spacial score (nSPS) is 11.2. The smallest absolute Gasteiger partial charge is 0.267 e. The summed E-state index contributed by atoms with van der Waals surface area (Å²) in [7, 11) is -1.30. The van der Waals surface area contributed by atoms with Crippen molar-refractivity contribution in [2.75, 3.05) is 14.2 Å². The van der Waals surface area contributed by atoms with Crippen LogP contribution < -0.4 is 14.2 Å². The fourth-order valence-electron chi connectivity index (χ4n) is 2.15. The highest BCUT2D eigenvalue weighted by atomic mass is 32.2. The summed E-state index contributed by atoms with van der Waals surface area (Å²) in [4.78, 5) is 11.9. The van der Waals surface area contributed by atoms with Crippen molar-refractivity contribution in [1.82, 2.24) is 9.88 Å². The Morgan fingerprint density at radius 1 is 1.25 bits per heavy atom. The predicted octanol–water partition coefficient (Wildman–Crippen LogP) is 1.36. The van der Waals surface area contributed by atoms with Crippen molar-refractivity contribution in [2.45, 2.75) is 25.2 Å². The zero-order valence-corrected chi connectivity index (χ0v) is 14.6. The van der Waals surface area contributed by atoms with E-state index in [1.54, 1.807) is 13.8 Å². The van der Waals surface area contributed by atoms with Gasteiger partial charge in [0.25, 0.3) is 10.0 Å². The van der Waals surface area contributed by atoms with Crippen LogP contribution in [0.5, 0.6) is 11.5 Å². The van der Waals surface area contributed by atoms with Crippen LogP contribution in [-0.4, -0.2) is 33.7 Å². The second-order valence-electron chi connectivity index (χ2n) is 5.02. The van der Waals surface area contributed by atoms with Crippen LogP contribution in [0.15, 0.2) is 27.6 Å². The second kappa shape index (κ2) is 6.91. The molecule has 2 rings (SSSR count). The molecule has 0 bridgehead atoms. The Bertz CT molecular complexity index is 837. The largest absolute Gasteiger partial charge is 0.497 e.